The normalized spacial score (nSPS) is 11.4. The number of benzene rings is 1. The van der Waals surface area contributed by atoms with Crippen LogP contribution in [-0.2, 0) is 7.05 Å². The molecular formula is C20H21N2+. The number of allylic oxidation sites excluding steroid dienone is 1. The summed E-state index contributed by atoms with van der Waals surface area (Å²) in [6.07, 6.45) is 8.26. The summed E-state index contributed by atoms with van der Waals surface area (Å²) in [5.74, 6) is 1.13. The summed E-state index contributed by atoms with van der Waals surface area (Å²) in [6.45, 7) is 8.26. The summed E-state index contributed by atoms with van der Waals surface area (Å²) >= 11 is 0. The molecule has 0 saturated carbocycles. The number of rotatable bonds is 3. The van der Waals surface area contributed by atoms with Gasteiger partial charge >= 0.3 is 0 Å². The average molecular weight is 289 g/mol. The van der Waals surface area contributed by atoms with Gasteiger partial charge in [0.05, 0.1) is 13.2 Å². The van der Waals surface area contributed by atoms with Crippen LogP contribution >= 0.6 is 0 Å². The van der Waals surface area contributed by atoms with Gasteiger partial charge < -0.3 is 0 Å². The molecule has 2 aromatic heterocycles. The number of nitrogens with zero attached hydrogens (tertiary/aromatic N) is 2. The fraction of sp³-hybridized carbons (Fsp3) is 0.150. The zero-order valence-corrected chi connectivity index (χ0v) is 13.4. The molecule has 0 aliphatic carbocycles. The maximum absolute atomic E-state index is 4.05. The van der Waals surface area contributed by atoms with Gasteiger partial charge in [-0.05, 0) is 37.6 Å². The van der Waals surface area contributed by atoms with E-state index in [2.05, 4.69) is 78.4 Å². The van der Waals surface area contributed by atoms with Crippen molar-refractivity contribution in [3.8, 4) is 5.82 Å². The third-order valence-corrected chi connectivity index (χ3v) is 4.05. The number of aromatic nitrogens is 2. The molecule has 1 aromatic carbocycles. The fourth-order valence-corrected chi connectivity index (χ4v) is 3.08. The minimum atomic E-state index is 1.13. The molecule has 22 heavy (non-hydrogen) atoms. The van der Waals surface area contributed by atoms with Crippen LogP contribution in [0.15, 0.2) is 55.3 Å². The Morgan fingerprint density at radius 3 is 2.64 bits per heavy atom. The molecule has 2 nitrogen and oxygen atoms in total. The molecule has 110 valence electrons. The molecule has 0 bridgehead atoms. The SMILES string of the molecule is C=Cc1c(/C=C\C)c2cccc(C)c2n1-c1cccc[n+]1C. The van der Waals surface area contributed by atoms with Crippen LogP contribution in [-0.4, -0.2) is 4.57 Å². The Balaban J connectivity index is 2.53. The van der Waals surface area contributed by atoms with Crippen LogP contribution in [0, 0.1) is 6.92 Å². The predicted molar refractivity (Wildman–Crippen MR) is 94.0 cm³/mol. The van der Waals surface area contributed by atoms with Crippen LogP contribution in [0.4, 0.5) is 0 Å². The Hall–Kier alpha value is -2.61. The molecule has 0 fully saturated rings. The van der Waals surface area contributed by atoms with Crippen LogP contribution in [0.2, 0.25) is 0 Å². The van der Waals surface area contributed by atoms with Crippen molar-refractivity contribution in [2.24, 2.45) is 7.05 Å². The van der Waals surface area contributed by atoms with Crippen molar-refractivity contribution in [2.45, 2.75) is 13.8 Å². The Kier molecular flexibility index (Phi) is 3.68. The second-order valence-corrected chi connectivity index (χ2v) is 5.48. The number of hydrogen-bond donors (Lipinski definition) is 0. The summed E-state index contributed by atoms with van der Waals surface area (Å²) in [7, 11) is 2.07. The van der Waals surface area contributed by atoms with Gasteiger partial charge in [-0.1, -0.05) is 36.9 Å². The van der Waals surface area contributed by atoms with Gasteiger partial charge in [0.2, 0.25) is 0 Å². The molecule has 0 unspecified atom stereocenters. The number of aryl methyl sites for hydroxylation is 2. The molecule has 0 N–H and O–H groups in total. The van der Waals surface area contributed by atoms with E-state index in [1.807, 2.05) is 19.1 Å². The van der Waals surface area contributed by atoms with E-state index < -0.39 is 0 Å². The van der Waals surface area contributed by atoms with Crippen LogP contribution in [0.3, 0.4) is 0 Å². The lowest BCUT2D eigenvalue weighted by Gasteiger charge is -2.05. The van der Waals surface area contributed by atoms with Crippen molar-refractivity contribution >= 4 is 23.1 Å². The molecule has 2 heterocycles. The molecular weight excluding hydrogens is 268 g/mol. The Morgan fingerprint density at radius 2 is 1.95 bits per heavy atom. The lowest BCUT2D eigenvalue weighted by atomic mass is 10.1. The average Bonchev–Trinajstić information content (AvgIpc) is 2.83. The van der Waals surface area contributed by atoms with E-state index in [1.165, 1.54) is 22.0 Å². The van der Waals surface area contributed by atoms with E-state index >= 15 is 0 Å². The Morgan fingerprint density at radius 1 is 1.14 bits per heavy atom. The van der Waals surface area contributed by atoms with Gasteiger partial charge in [-0.25, -0.2) is 4.57 Å². The Bertz CT molecular complexity index is 882. The molecule has 0 radical (unpaired) electrons. The molecule has 2 heteroatoms. The first kappa shape index (κ1) is 14.3. The van der Waals surface area contributed by atoms with Crippen LogP contribution < -0.4 is 4.57 Å². The summed E-state index contributed by atoms with van der Waals surface area (Å²) in [5, 5.41) is 1.26. The van der Waals surface area contributed by atoms with Crippen LogP contribution in [0.5, 0.6) is 0 Å². The minimum Gasteiger partial charge on any atom is -0.237 e. The first-order valence-electron chi connectivity index (χ1n) is 7.53. The van der Waals surface area contributed by atoms with Gasteiger partial charge in [-0.2, -0.15) is 4.57 Å². The van der Waals surface area contributed by atoms with Gasteiger partial charge in [0.1, 0.15) is 11.2 Å². The Labute approximate surface area is 131 Å². The van der Waals surface area contributed by atoms with E-state index in [-0.39, 0.29) is 0 Å². The van der Waals surface area contributed by atoms with Crippen molar-refractivity contribution in [1.29, 1.82) is 0 Å². The van der Waals surface area contributed by atoms with Crippen molar-refractivity contribution in [1.82, 2.24) is 4.57 Å². The first-order chi connectivity index (χ1) is 10.7. The highest BCUT2D eigenvalue weighted by Crippen LogP contribution is 2.32. The summed E-state index contributed by atoms with van der Waals surface area (Å²) < 4.78 is 4.44. The quantitative estimate of drug-likeness (QED) is 0.630. The molecule has 0 aliphatic heterocycles. The number of hydrogen-bond acceptors (Lipinski definition) is 0. The summed E-state index contributed by atoms with van der Waals surface area (Å²) in [5.41, 5.74) is 4.86. The predicted octanol–water partition coefficient (Wildman–Crippen LogP) is 4.44. The highest BCUT2D eigenvalue weighted by Gasteiger charge is 2.23. The maximum atomic E-state index is 4.05. The standard InChI is InChI=1S/C20H21N2/c1-5-10-16-17-12-9-11-15(3)20(17)22(18(16)6-2)19-13-7-8-14-21(19)4/h5-14H,2H2,1,3-4H3/q+1/b10-5-. The molecule has 3 rings (SSSR count). The minimum absolute atomic E-state index is 1.13. The van der Waals surface area contributed by atoms with Crippen LogP contribution in [0.1, 0.15) is 23.7 Å². The second-order valence-electron chi connectivity index (χ2n) is 5.48. The third kappa shape index (κ3) is 2.08. The van der Waals surface area contributed by atoms with Crippen molar-refractivity contribution < 1.29 is 4.57 Å². The smallest absolute Gasteiger partial charge is 0.237 e. The lowest BCUT2D eigenvalue weighted by molar-refractivity contribution is -0.665. The highest BCUT2D eigenvalue weighted by atomic mass is 15.1. The lowest BCUT2D eigenvalue weighted by Crippen LogP contribution is -2.33. The van der Waals surface area contributed by atoms with Crippen LogP contribution in [0.25, 0.3) is 28.9 Å². The number of para-hydroxylation sites is 1. The molecule has 0 spiro atoms. The monoisotopic (exact) mass is 289 g/mol. The van der Waals surface area contributed by atoms with E-state index in [9.17, 15) is 0 Å². The summed E-state index contributed by atoms with van der Waals surface area (Å²) in [6, 6.07) is 12.7. The number of fused-ring (bicyclic) bond motifs is 1. The van der Waals surface area contributed by atoms with Crippen molar-refractivity contribution in [2.75, 3.05) is 0 Å². The topological polar surface area (TPSA) is 8.81 Å². The van der Waals surface area contributed by atoms with Gasteiger partial charge in [0.15, 0.2) is 0 Å². The fourth-order valence-electron chi connectivity index (χ4n) is 3.08. The van der Waals surface area contributed by atoms with E-state index in [0.29, 0.717) is 0 Å². The third-order valence-electron chi connectivity index (χ3n) is 4.05. The van der Waals surface area contributed by atoms with E-state index in [0.717, 1.165) is 11.5 Å². The second kappa shape index (κ2) is 5.64. The van der Waals surface area contributed by atoms with Gasteiger partial charge in [-0.15, -0.1) is 0 Å². The summed E-state index contributed by atoms with van der Waals surface area (Å²) in [4.78, 5) is 0. The van der Waals surface area contributed by atoms with E-state index in [4.69, 9.17) is 0 Å². The zero-order chi connectivity index (χ0) is 15.7. The van der Waals surface area contributed by atoms with Gasteiger partial charge in [0.25, 0.3) is 5.82 Å². The first-order valence-corrected chi connectivity index (χ1v) is 7.53. The molecule has 0 saturated heterocycles. The van der Waals surface area contributed by atoms with Gasteiger partial charge in [-0.3, -0.25) is 0 Å². The van der Waals surface area contributed by atoms with Crippen molar-refractivity contribution in [3.63, 3.8) is 0 Å². The molecule has 3 aromatic rings. The van der Waals surface area contributed by atoms with Gasteiger partial charge in [0, 0.05) is 17.0 Å². The molecule has 0 aliphatic rings. The highest BCUT2D eigenvalue weighted by molar-refractivity contribution is 5.96. The maximum Gasteiger partial charge on any atom is 0.286 e. The molecule has 0 amide bonds. The van der Waals surface area contributed by atoms with E-state index in [1.54, 1.807) is 0 Å². The molecule has 0 atom stereocenters. The van der Waals surface area contributed by atoms with Crippen molar-refractivity contribution in [3.05, 3.63) is 72.1 Å². The zero-order valence-electron chi connectivity index (χ0n) is 13.4. The number of pyridine rings is 1. The largest absolute Gasteiger partial charge is 0.286 e.